The molecule has 0 N–H and O–H groups in total. The number of fused-ring (bicyclic) bond motifs is 1. The second-order valence-electron chi connectivity index (χ2n) is 7.28. The summed E-state index contributed by atoms with van der Waals surface area (Å²) in [5.41, 5.74) is 2.55. The molecule has 2 rings (SSSR count). The number of hydrogen-bond donors (Lipinski definition) is 0. The molecule has 0 aromatic heterocycles. The van der Waals surface area contributed by atoms with Crippen molar-refractivity contribution < 1.29 is 9.53 Å². The van der Waals surface area contributed by atoms with Crippen LogP contribution in [0.5, 0.6) is 0 Å². The van der Waals surface area contributed by atoms with E-state index in [0.717, 1.165) is 25.7 Å². The Hall–Kier alpha value is -1.77. The van der Waals surface area contributed by atoms with Crippen LogP contribution in [0.3, 0.4) is 0 Å². The van der Waals surface area contributed by atoms with E-state index in [4.69, 9.17) is 4.74 Å². The Bertz CT molecular complexity index is 559. The first-order chi connectivity index (χ1) is 10.3. The van der Waals surface area contributed by atoms with E-state index in [2.05, 4.69) is 35.7 Å². The number of carbonyl (C=O) groups excluding carboxylic acids is 1. The number of carbonyl (C=O) groups is 1. The molecule has 0 bridgehead atoms. The Morgan fingerprint density at radius 1 is 1.41 bits per heavy atom. The zero-order valence-corrected chi connectivity index (χ0v) is 14.2. The molecule has 1 atom stereocenters. The van der Waals surface area contributed by atoms with Crippen LogP contribution in [0.15, 0.2) is 36.7 Å². The van der Waals surface area contributed by atoms with Crippen LogP contribution in [0.25, 0.3) is 0 Å². The van der Waals surface area contributed by atoms with Crippen LogP contribution in [0.2, 0.25) is 0 Å². The van der Waals surface area contributed by atoms with Crippen LogP contribution >= 0.6 is 0 Å². The lowest BCUT2D eigenvalue weighted by Crippen LogP contribution is -2.48. The summed E-state index contributed by atoms with van der Waals surface area (Å²) < 4.78 is 5.87. The Morgan fingerprint density at radius 3 is 2.68 bits per heavy atom. The smallest absolute Gasteiger partial charge is 0.182 e. The fraction of sp³-hybridized carbons (Fsp3) is 0.526. The van der Waals surface area contributed by atoms with E-state index < -0.39 is 0 Å². The normalized spacial score (nSPS) is 19.8. The summed E-state index contributed by atoms with van der Waals surface area (Å²) in [5, 5.41) is 0. The van der Waals surface area contributed by atoms with Crippen molar-refractivity contribution in [3.63, 3.8) is 0 Å². The van der Waals surface area contributed by atoms with Gasteiger partial charge in [0.1, 0.15) is 11.9 Å². The van der Waals surface area contributed by atoms with Crippen LogP contribution in [0.4, 0.5) is 0 Å². The van der Waals surface area contributed by atoms with Crippen molar-refractivity contribution in [2.24, 2.45) is 0 Å². The Labute approximate surface area is 134 Å². The number of nitrogens with zero attached hydrogens (tertiary/aromatic N) is 1. The number of ether oxygens (including phenoxy) is 1. The highest BCUT2D eigenvalue weighted by Gasteiger charge is 2.43. The van der Waals surface area contributed by atoms with Crippen molar-refractivity contribution in [3.8, 4) is 0 Å². The molecule has 1 aliphatic carbocycles. The predicted octanol–water partition coefficient (Wildman–Crippen LogP) is 3.68. The Kier molecular flexibility index (Phi) is 4.64. The quantitative estimate of drug-likeness (QED) is 0.568. The Morgan fingerprint density at radius 2 is 2.09 bits per heavy atom. The first kappa shape index (κ1) is 16.6. The van der Waals surface area contributed by atoms with Crippen molar-refractivity contribution in [2.45, 2.75) is 51.0 Å². The van der Waals surface area contributed by atoms with Crippen molar-refractivity contribution in [2.75, 3.05) is 13.6 Å². The van der Waals surface area contributed by atoms with E-state index in [-0.39, 0.29) is 11.0 Å². The number of likely N-dealkylation sites (N-methyl/N-ethyl adjacent to an activating group) is 1. The monoisotopic (exact) mass is 301 g/mol. The van der Waals surface area contributed by atoms with Gasteiger partial charge in [-0.1, -0.05) is 24.3 Å². The average molecular weight is 301 g/mol. The third kappa shape index (κ3) is 3.52. The first-order valence-corrected chi connectivity index (χ1v) is 7.88. The summed E-state index contributed by atoms with van der Waals surface area (Å²) in [6.07, 6.45) is 3.50. The molecule has 0 radical (unpaired) electrons. The lowest BCUT2D eigenvalue weighted by molar-refractivity contribution is -0.108. The summed E-state index contributed by atoms with van der Waals surface area (Å²) in [6.45, 7) is 10.9. The van der Waals surface area contributed by atoms with Gasteiger partial charge in [0.15, 0.2) is 5.88 Å². The van der Waals surface area contributed by atoms with Crippen LogP contribution in [-0.2, 0) is 21.4 Å². The minimum Gasteiger partial charge on any atom is -0.474 e. The van der Waals surface area contributed by atoms with Gasteiger partial charge in [0.2, 0.25) is 0 Å². The predicted molar refractivity (Wildman–Crippen MR) is 89.7 cm³/mol. The van der Waals surface area contributed by atoms with Crippen molar-refractivity contribution in [3.05, 3.63) is 47.9 Å². The summed E-state index contributed by atoms with van der Waals surface area (Å²) in [4.78, 5) is 12.9. The van der Waals surface area contributed by atoms with Gasteiger partial charge in [-0.3, -0.25) is 0 Å². The van der Waals surface area contributed by atoms with Gasteiger partial charge >= 0.3 is 0 Å². The Balaban J connectivity index is 2.12. The maximum atomic E-state index is 10.9. The fourth-order valence-electron chi connectivity index (χ4n) is 3.30. The van der Waals surface area contributed by atoms with Gasteiger partial charge in [-0.2, -0.15) is 0 Å². The van der Waals surface area contributed by atoms with Gasteiger partial charge in [0.05, 0.1) is 0 Å². The zero-order valence-electron chi connectivity index (χ0n) is 14.2. The van der Waals surface area contributed by atoms with Gasteiger partial charge in [0, 0.05) is 25.4 Å². The van der Waals surface area contributed by atoms with Crippen LogP contribution in [0, 0.1) is 0 Å². The maximum absolute atomic E-state index is 10.9. The van der Waals surface area contributed by atoms with Crippen LogP contribution in [0.1, 0.15) is 44.7 Å². The minimum atomic E-state index is -0.251. The minimum absolute atomic E-state index is 0.0381. The molecule has 3 nitrogen and oxygen atoms in total. The summed E-state index contributed by atoms with van der Waals surface area (Å²) >= 11 is 0. The lowest BCUT2D eigenvalue weighted by atomic mass is 9.61. The topological polar surface area (TPSA) is 29.5 Å². The largest absolute Gasteiger partial charge is 0.474 e. The standard InChI is InChI=1S/C19H27NO2/c1-15(22-18(2,3)4)20(5)14-19(11-8-12-21)13-16-9-6-7-10-17(16)19/h6-7,9-10,12H,1,8,11,13-14H2,2-5H3. The molecule has 1 unspecified atom stereocenters. The summed E-state index contributed by atoms with van der Waals surface area (Å²) in [7, 11) is 2.01. The number of benzene rings is 1. The molecule has 0 saturated heterocycles. The van der Waals surface area contributed by atoms with Crippen LogP contribution in [-0.4, -0.2) is 30.4 Å². The van der Waals surface area contributed by atoms with E-state index in [1.807, 2.05) is 27.8 Å². The van der Waals surface area contributed by atoms with Gasteiger partial charge in [-0.25, -0.2) is 0 Å². The molecule has 22 heavy (non-hydrogen) atoms. The van der Waals surface area contributed by atoms with Gasteiger partial charge in [-0.05, 0) is 51.3 Å². The highest BCUT2D eigenvalue weighted by atomic mass is 16.5. The second-order valence-corrected chi connectivity index (χ2v) is 7.28. The highest BCUT2D eigenvalue weighted by Crippen LogP contribution is 2.45. The molecule has 0 amide bonds. The average Bonchev–Trinajstić information content (AvgIpc) is 2.41. The van der Waals surface area contributed by atoms with E-state index in [1.54, 1.807) is 0 Å². The van der Waals surface area contributed by atoms with E-state index in [1.165, 1.54) is 11.1 Å². The van der Waals surface area contributed by atoms with Crippen molar-refractivity contribution >= 4 is 6.29 Å². The summed E-state index contributed by atoms with van der Waals surface area (Å²) in [6, 6.07) is 8.52. The maximum Gasteiger partial charge on any atom is 0.182 e. The van der Waals surface area contributed by atoms with Crippen LogP contribution < -0.4 is 0 Å². The lowest BCUT2D eigenvalue weighted by Gasteiger charge is -2.47. The van der Waals surface area contributed by atoms with Crippen molar-refractivity contribution in [1.29, 1.82) is 0 Å². The molecule has 0 spiro atoms. The SMILES string of the molecule is C=C(OC(C)(C)C)N(C)CC1(CCC=O)Cc2ccccc21. The van der Waals surface area contributed by atoms with Gasteiger partial charge in [-0.15, -0.1) is 0 Å². The molecular weight excluding hydrogens is 274 g/mol. The number of rotatable bonds is 7. The molecule has 0 heterocycles. The highest BCUT2D eigenvalue weighted by molar-refractivity contribution is 5.52. The van der Waals surface area contributed by atoms with E-state index in [9.17, 15) is 4.79 Å². The molecule has 3 heteroatoms. The molecule has 120 valence electrons. The summed E-state index contributed by atoms with van der Waals surface area (Å²) in [5.74, 6) is 0.683. The zero-order chi connectivity index (χ0) is 16.4. The molecule has 0 saturated carbocycles. The number of aldehydes is 1. The molecule has 0 fully saturated rings. The fourth-order valence-corrected chi connectivity index (χ4v) is 3.30. The van der Waals surface area contributed by atoms with Gasteiger partial charge < -0.3 is 14.4 Å². The third-order valence-electron chi connectivity index (χ3n) is 4.25. The first-order valence-electron chi connectivity index (χ1n) is 7.88. The van der Waals surface area contributed by atoms with E-state index >= 15 is 0 Å². The molecule has 0 aliphatic heterocycles. The molecular formula is C19H27NO2. The molecule has 1 aromatic carbocycles. The van der Waals surface area contributed by atoms with Crippen molar-refractivity contribution in [1.82, 2.24) is 4.90 Å². The molecule has 1 aromatic rings. The second kappa shape index (κ2) is 6.15. The van der Waals surface area contributed by atoms with E-state index in [0.29, 0.717) is 12.3 Å². The molecule has 1 aliphatic rings. The number of hydrogen-bond acceptors (Lipinski definition) is 3. The third-order valence-corrected chi connectivity index (χ3v) is 4.25. The van der Waals surface area contributed by atoms with Gasteiger partial charge in [0.25, 0.3) is 0 Å².